The van der Waals surface area contributed by atoms with Gasteiger partial charge in [0.15, 0.2) is 0 Å². The van der Waals surface area contributed by atoms with Crippen molar-refractivity contribution < 1.29 is 4.74 Å². The van der Waals surface area contributed by atoms with Gasteiger partial charge in [0, 0.05) is 22.9 Å². The van der Waals surface area contributed by atoms with E-state index in [4.69, 9.17) is 15.6 Å². The average Bonchev–Trinajstić information content (AvgIpc) is 3.48. The molecule has 4 fully saturated rings. The summed E-state index contributed by atoms with van der Waals surface area (Å²) < 4.78 is 7.88. The van der Waals surface area contributed by atoms with Crippen LogP contribution in [-0.2, 0) is 11.8 Å². The van der Waals surface area contributed by atoms with Crippen LogP contribution < -0.4 is 10.5 Å². The van der Waals surface area contributed by atoms with Gasteiger partial charge >= 0.3 is 0 Å². The van der Waals surface area contributed by atoms with Gasteiger partial charge in [-0.25, -0.2) is 4.68 Å². The standard InChI is InChI=1S/C29H32N6O/c1-2-6-23-25-24(21(15-30)27(31)36-28(25)33-32-23)22-16-35(20-7-4-3-5-8-20)34-26(22)29-12-17-9-18(13-29)11-19(10-17)14-29/h3-5,7-8,16-19,24H,2,6,9-14,31H2,1H3,(H,32,33)/t17?,18?,19?,24-,29?/m1/s1. The highest BCUT2D eigenvalue weighted by Gasteiger charge is 2.54. The molecule has 3 aromatic rings. The number of nitrogens with one attached hydrogen (secondary N) is 1. The summed E-state index contributed by atoms with van der Waals surface area (Å²) in [5, 5.41) is 23.3. The number of ether oxygens (including phenoxy) is 1. The zero-order valence-electron chi connectivity index (χ0n) is 20.7. The van der Waals surface area contributed by atoms with Crippen LogP contribution in [0.1, 0.15) is 80.3 Å². The fourth-order valence-electron chi connectivity index (χ4n) is 8.18. The Bertz CT molecular complexity index is 1360. The number of allylic oxidation sites excluding steroid dienone is 1. The van der Waals surface area contributed by atoms with E-state index in [1.54, 1.807) is 0 Å². The Hall–Kier alpha value is -3.53. The summed E-state index contributed by atoms with van der Waals surface area (Å²) >= 11 is 0. The van der Waals surface area contributed by atoms with Crippen molar-refractivity contribution in [1.29, 1.82) is 5.26 Å². The van der Waals surface area contributed by atoms with Crippen LogP contribution in [0.4, 0.5) is 0 Å². The van der Waals surface area contributed by atoms with Gasteiger partial charge in [-0.1, -0.05) is 31.5 Å². The van der Waals surface area contributed by atoms with Gasteiger partial charge in [0.25, 0.3) is 0 Å². The van der Waals surface area contributed by atoms with Crippen LogP contribution >= 0.6 is 0 Å². The molecule has 7 heteroatoms. The van der Waals surface area contributed by atoms with Crippen LogP contribution in [0, 0.1) is 29.1 Å². The predicted molar refractivity (Wildman–Crippen MR) is 135 cm³/mol. The first-order valence-electron chi connectivity index (χ1n) is 13.4. The lowest BCUT2D eigenvalue weighted by atomic mass is 9.48. The summed E-state index contributed by atoms with van der Waals surface area (Å²) in [6.45, 7) is 2.15. The summed E-state index contributed by atoms with van der Waals surface area (Å²) in [5.74, 6) is 2.67. The Morgan fingerprint density at radius 3 is 2.47 bits per heavy atom. The molecule has 1 atom stereocenters. The van der Waals surface area contributed by atoms with Crippen LogP contribution in [0.15, 0.2) is 48.0 Å². The molecule has 4 bridgehead atoms. The van der Waals surface area contributed by atoms with E-state index in [0.717, 1.165) is 58.8 Å². The molecule has 0 saturated heterocycles. The van der Waals surface area contributed by atoms with E-state index in [-0.39, 0.29) is 17.2 Å². The van der Waals surface area contributed by atoms with Crippen molar-refractivity contribution in [1.82, 2.24) is 20.0 Å². The molecule has 1 aliphatic heterocycles. The highest BCUT2D eigenvalue weighted by Crippen LogP contribution is 2.62. The molecule has 0 spiro atoms. The first-order chi connectivity index (χ1) is 17.6. The lowest BCUT2D eigenvalue weighted by Gasteiger charge is -2.56. The van der Waals surface area contributed by atoms with Gasteiger partial charge in [-0.2, -0.15) is 10.4 Å². The molecule has 0 unspecified atom stereocenters. The third-order valence-electron chi connectivity index (χ3n) is 9.13. The molecule has 3 N–H and O–H groups in total. The Balaban J connectivity index is 1.46. The smallest absolute Gasteiger partial charge is 0.244 e. The van der Waals surface area contributed by atoms with E-state index < -0.39 is 0 Å². The van der Waals surface area contributed by atoms with Crippen molar-refractivity contribution in [2.24, 2.45) is 23.5 Å². The Kier molecular flexibility index (Phi) is 4.82. The molecule has 36 heavy (non-hydrogen) atoms. The van der Waals surface area contributed by atoms with Crippen LogP contribution in [0.25, 0.3) is 5.69 Å². The molecule has 7 nitrogen and oxygen atoms in total. The Morgan fingerprint density at radius 1 is 1.14 bits per heavy atom. The topological polar surface area (TPSA) is 106 Å². The summed E-state index contributed by atoms with van der Waals surface area (Å²) in [5.41, 5.74) is 12.1. The van der Waals surface area contributed by atoms with Crippen molar-refractivity contribution in [2.45, 2.75) is 69.6 Å². The van der Waals surface area contributed by atoms with Gasteiger partial charge in [-0.15, -0.1) is 5.10 Å². The molecule has 2 aromatic heterocycles. The average molecular weight is 481 g/mol. The molecule has 0 amide bonds. The van der Waals surface area contributed by atoms with Crippen LogP contribution in [-0.4, -0.2) is 20.0 Å². The van der Waals surface area contributed by atoms with Crippen LogP contribution in [0.3, 0.4) is 0 Å². The zero-order chi connectivity index (χ0) is 24.4. The first kappa shape index (κ1) is 21.7. The lowest BCUT2D eigenvalue weighted by Crippen LogP contribution is -2.49. The van der Waals surface area contributed by atoms with E-state index >= 15 is 0 Å². The molecule has 3 heterocycles. The predicted octanol–water partition coefficient (Wildman–Crippen LogP) is 5.23. The largest absolute Gasteiger partial charge is 0.420 e. The number of nitriles is 1. The fraction of sp³-hybridized carbons (Fsp3) is 0.483. The third-order valence-corrected chi connectivity index (χ3v) is 9.13. The second-order valence-corrected chi connectivity index (χ2v) is 11.5. The van der Waals surface area contributed by atoms with Crippen molar-refractivity contribution in [3.8, 4) is 17.6 Å². The number of aromatic amines is 1. The minimum absolute atomic E-state index is 0.0621. The Morgan fingerprint density at radius 2 is 1.83 bits per heavy atom. The maximum Gasteiger partial charge on any atom is 0.244 e. The highest BCUT2D eigenvalue weighted by atomic mass is 16.5. The second kappa shape index (κ2) is 7.99. The maximum absolute atomic E-state index is 10.3. The van der Waals surface area contributed by atoms with Crippen molar-refractivity contribution in [3.05, 3.63) is 70.5 Å². The van der Waals surface area contributed by atoms with Crippen molar-refractivity contribution in [3.63, 3.8) is 0 Å². The maximum atomic E-state index is 10.3. The van der Waals surface area contributed by atoms with Crippen LogP contribution in [0.5, 0.6) is 5.88 Å². The van der Waals surface area contributed by atoms with Gasteiger partial charge in [-0.05, 0) is 74.8 Å². The molecule has 5 aliphatic rings. The van der Waals surface area contributed by atoms with E-state index in [2.05, 4.69) is 41.5 Å². The Labute approximate surface area is 211 Å². The van der Waals surface area contributed by atoms with Gasteiger partial charge in [-0.3, -0.25) is 5.10 Å². The SMILES string of the molecule is CCCc1[nH]nc2c1[C@@H](c1cn(-c3ccccc3)nc1C13CC4CC(CC(C4)C1)C3)C(C#N)=C(N)O2. The summed E-state index contributed by atoms with van der Waals surface area (Å²) in [6, 6.07) is 12.7. The zero-order valence-corrected chi connectivity index (χ0v) is 20.7. The quantitative estimate of drug-likeness (QED) is 0.520. The molecule has 4 saturated carbocycles. The molecular weight excluding hydrogens is 448 g/mol. The number of aryl methyl sites for hydroxylation is 1. The van der Waals surface area contributed by atoms with Crippen molar-refractivity contribution in [2.75, 3.05) is 0 Å². The fourth-order valence-corrected chi connectivity index (χ4v) is 8.18. The molecule has 184 valence electrons. The summed E-state index contributed by atoms with van der Waals surface area (Å²) in [6.07, 6.45) is 11.6. The van der Waals surface area contributed by atoms with Gasteiger partial charge in [0.05, 0.1) is 22.9 Å². The molecule has 1 aromatic carbocycles. The normalized spacial score (nSPS) is 30.2. The number of fused-ring (bicyclic) bond motifs is 1. The van der Waals surface area contributed by atoms with E-state index in [9.17, 15) is 5.26 Å². The number of rotatable bonds is 5. The van der Waals surface area contributed by atoms with Crippen molar-refractivity contribution >= 4 is 0 Å². The first-order valence-corrected chi connectivity index (χ1v) is 13.4. The van der Waals surface area contributed by atoms with E-state index in [1.807, 2.05) is 22.9 Å². The number of nitrogens with two attached hydrogens (primary N) is 1. The molecular formula is C29H32N6O. The summed E-state index contributed by atoms with van der Waals surface area (Å²) in [7, 11) is 0. The summed E-state index contributed by atoms with van der Waals surface area (Å²) in [4.78, 5) is 0. The number of nitrogens with zero attached hydrogens (tertiary/aromatic N) is 4. The highest BCUT2D eigenvalue weighted by molar-refractivity contribution is 5.57. The number of benzene rings is 1. The number of para-hydroxylation sites is 1. The van der Waals surface area contributed by atoms with Gasteiger partial charge < -0.3 is 10.5 Å². The minimum atomic E-state index is -0.334. The number of hydrogen-bond acceptors (Lipinski definition) is 5. The minimum Gasteiger partial charge on any atom is -0.420 e. The lowest BCUT2D eigenvalue weighted by molar-refractivity contribution is -0.00778. The van der Waals surface area contributed by atoms with Crippen LogP contribution in [0.2, 0.25) is 0 Å². The number of H-pyrrole nitrogens is 1. The molecule has 0 radical (unpaired) electrons. The number of hydrogen-bond donors (Lipinski definition) is 2. The molecule has 8 rings (SSSR count). The molecule has 4 aliphatic carbocycles. The monoisotopic (exact) mass is 480 g/mol. The number of aromatic nitrogens is 4. The van der Waals surface area contributed by atoms with Gasteiger partial charge in [0.2, 0.25) is 11.8 Å². The second-order valence-electron chi connectivity index (χ2n) is 11.5. The van der Waals surface area contributed by atoms with Gasteiger partial charge in [0.1, 0.15) is 11.6 Å². The van der Waals surface area contributed by atoms with E-state index in [0.29, 0.717) is 11.5 Å². The third kappa shape index (κ3) is 3.16. The van der Waals surface area contributed by atoms with E-state index in [1.165, 1.54) is 38.5 Å².